The molecule has 3 heteroatoms. The summed E-state index contributed by atoms with van der Waals surface area (Å²) in [6, 6.07) is 7.87. The fourth-order valence-corrected chi connectivity index (χ4v) is 4.07. The van der Waals surface area contributed by atoms with Crippen LogP contribution in [0.2, 0.25) is 0 Å². The molecule has 122 valence electrons. The standard InChI is InChI=1S/C19H29FN2/c20-18-7-3-5-16(13-18)10-12-22(19-8-1-2-9-19)15-17-6-4-11-21-14-17/h3,5,7,13,17,19,21H,1-2,4,6,8-12,14-15H2. The minimum atomic E-state index is -0.110. The molecule has 1 atom stereocenters. The minimum Gasteiger partial charge on any atom is -0.316 e. The molecule has 0 radical (unpaired) electrons. The van der Waals surface area contributed by atoms with Gasteiger partial charge in [-0.15, -0.1) is 0 Å². The number of benzene rings is 1. The highest BCUT2D eigenvalue weighted by atomic mass is 19.1. The third-order valence-electron chi connectivity index (χ3n) is 5.31. The average Bonchev–Trinajstić information content (AvgIpc) is 3.07. The van der Waals surface area contributed by atoms with Gasteiger partial charge in [-0.1, -0.05) is 25.0 Å². The van der Waals surface area contributed by atoms with Crippen LogP contribution in [0, 0.1) is 11.7 Å². The highest BCUT2D eigenvalue weighted by Crippen LogP contribution is 2.25. The van der Waals surface area contributed by atoms with Crippen molar-refractivity contribution in [3.8, 4) is 0 Å². The Morgan fingerprint density at radius 1 is 1.14 bits per heavy atom. The molecule has 2 aliphatic rings. The Kier molecular flexibility index (Phi) is 5.85. The molecule has 1 aromatic rings. The van der Waals surface area contributed by atoms with Crippen LogP contribution < -0.4 is 5.32 Å². The van der Waals surface area contributed by atoms with Crippen LogP contribution in [-0.4, -0.2) is 37.1 Å². The molecule has 2 nitrogen and oxygen atoms in total. The van der Waals surface area contributed by atoms with Crippen molar-refractivity contribution < 1.29 is 4.39 Å². The van der Waals surface area contributed by atoms with E-state index in [2.05, 4.69) is 16.3 Å². The zero-order chi connectivity index (χ0) is 15.2. The van der Waals surface area contributed by atoms with Gasteiger partial charge in [0, 0.05) is 19.1 Å². The minimum absolute atomic E-state index is 0.110. The Morgan fingerprint density at radius 2 is 2.00 bits per heavy atom. The second kappa shape index (κ2) is 8.07. The number of rotatable bonds is 6. The molecule has 2 fully saturated rings. The molecule has 1 saturated heterocycles. The Hall–Kier alpha value is -0.930. The van der Waals surface area contributed by atoms with Crippen molar-refractivity contribution in [2.24, 2.45) is 5.92 Å². The smallest absolute Gasteiger partial charge is 0.123 e. The predicted molar refractivity (Wildman–Crippen MR) is 89.5 cm³/mol. The van der Waals surface area contributed by atoms with Crippen LogP contribution in [-0.2, 0) is 6.42 Å². The lowest BCUT2D eigenvalue weighted by atomic mass is 9.97. The molecular weight excluding hydrogens is 275 g/mol. The Labute approximate surface area is 134 Å². The maximum absolute atomic E-state index is 13.3. The molecular formula is C19H29FN2. The first kappa shape index (κ1) is 15.9. The van der Waals surface area contributed by atoms with E-state index in [-0.39, 0.29) is 5.82 Å². The molecule has 22 heavy (non-hydrogen) atoms. The molecule has 0 aromatic heterocycles. The third kappa shape index (κ3) is 4.53. The largest absolute Gasteiger partial charge is 0.316 e. The van der Waals surface area contributed by atoms with Crippen molar-refractivity contribution in [1.82, 2.24) is 10.2 Å². The van der Waals surface area contributed by atoms with Gasteiger partial charge in [-0.05, 0) is 68.8 Å². The molecule has 1 aliphatic heterocycles. The van der Waals surface area contributed by atoms with Gasteiger partial charge in [0.15, 0.2) is 0 Å². The Morgan fingerprint density at radius 3 is 2.73 bits per heavy atom. The molecule has 0 amide bonds. The second-order valence-corrected chi connectivity index (χ2v) is 7.03. The monoisotopic (exact) mass is 304 g/mol. The van der Waals surface area contributed by atoms with E-state index in [4.69, 9.17) is 0 Å². The van der Waals surface area contributed by atoms with E-state index in [1.165, 1.54) is 64.2 Å². The van der Waals surface area contributed by atoms with Crippen molar-refractivity contribution in [3.05, 3.63) is 35.6 Å². The van der Waals surface area contributed by atoms with Crippen LogP contribution in [0.15, 0.2) is 24.3 Å². The average molecular weight is 304 g/mol. The van der Waals surface area contributed by atoms with Gasteiger partial charge in [0.2, 0.25) is 0 Å². The van der Waals surface area contributed by atoms with E-state index in [1.54, 1.807) is 6.07 Å². The topological polar surface area (TPSA) is 15.3 Å². The summed E-state index contributed by atoms with van der Waals surface area (Å²) in [7, 11) is 0. The quantitative estimate of drug-likeness (QED) is 0.863. The summed E-state index contributed by atoms with van der Waals surface area (Å²) >= 11 is 0. The first-order valence-corrected chi connectivity index (χ1v) is 9.00. The molecule has 1 aromatic carbocycles. The summed E-state index contributed by atoms with van der Waals surface area (Å²) in [5.41, 5.74) is 1.13. The Balaban J connectivity index is 1.57. The summed E-state index contributed by atoms with van der Waals surface area (Å²) in [5.74, 6) is 0.684. The normalized spacial score (nSPS) is 23.3. The Bertz CT molecular complexity index is 451. The molecule has 0 bridgehead atoms. The van der Waals surface area contributed by atoms with Crippen LogP contribution in [0.4, 0.5) is 4.39 Å². The van der Waals surface area contributed by atoms with Crippen LogP contribution in [0.1, 0.15) is 44.1 Å². The van der Waals surface area contributed by atoms with Crippen LogP contribution in [0.3, 0.4) is 0 Å². The number of nitrogens with zero attached hydrogens (tertiary/aromatic N) is 1. The van der Waals surface area contributed by atoms with Gasteiger partial charge in [0.05, 0.1) is 0 Å². The van der Waals surface area contributed by atoms with Gasteiger partial charge in [0.25, 0.3) is 0 Å². The maximum Gasteiger partial charge on any atom is 0.123 e. The van der Waals surface area contributed by atoms with Gasteiger partial charge < -0.3 is 5.32 Å². The van der Waals surface area contributed by atoms with Gasteiger partial charge >= 0.3 is 0 Å². The molecule has 1 aliphatic carbocycles. The summed E-state index contributed by atoms with van der Waals surface area (Å²) in [5, 5.41) is 3.54. The summed E-state index contributed by atoms with van der Waals surface area (Å²) < 4.78 is 13.3. The number of hydrogen-bond donors (Lipinski definition) is 1. The van der Waals surface area contributed by atoms with Gasteiger partial charge in [-0.3, -0.25) is 4.90 Å². The van der Waals surface area contributed by atoms with Gasteiger partial charge in [-0.25, -0.2) is 4.39 Å². The summed E-state index contributed by atoms with van der Waals surface area (Å²) in [4.78, 5) is 2.70. The first-order valence-electron chi connectivity index (χ1n) is 9.00. The fourth-order valence-electron chi connectivity index (χ4n) is 4.07. The van der Waals surface area contributed by atoms with Crippen LogP contribution in [0.25, 0.3) is 0 Å². The SMILES string of the molecule is Fc1cccc(CCN(CC2CCCNC2)C2CCCC2)c1. The van der Waals surface area contributed by atoms with Crippen molar-refractivity contribution in [2.45, 2.75) is 51.0 Å². The van der Waals surface area contributed by atoms with Gasteiger partial charge in [0.1, 0.15) is 5.82 Å². The van der Waals surface area contributed by atoms with Crippen molar-refractivity contribution in [3.63, 3.8) is 0 Å². The highest BCUT2D eigenvalue weighted by Gasteiger charge is 2.25. The molecule has 1 saturated carbocycles. The molecule has 1 unspecified atom stereocenters. The molecule has 1 N–H and O–H groups in total. The lowest BCUT2D eigenvalue weighted by molar-refractivity contribution is 0.156. The number of nitrogens with one attached hydrogen (secondary N) is 1. The predicted octanol–water partition coefficient (Wildman–Crippen LogP) is 3.61. The second-order valence-electron chi connectivity index (χ2n) is 7.03. The van der Waals surface area contributed by atoms with E-state index in [1.807, 2.05) is 6.07 Å². The molecule has 3 rings (SSSR count). The molecule has 1 heterocycles. The van der Waals surface area contributed by atoms with E-state index in [0.717, 1.165) is 30.5 Å². The van der Waals surface area contributed by atoms with E-state index in [0.29, 0.717) is 0 Å². The fraction of sp³-hybridized carbons (Fsp3) is 0.684. The zero-order valence-electron chi connectivity index (χ0n) is 13.6. The van der Waals surface area contributed by atoms with Crippen molar-refractivity contribution in [1.29, 1.82) is 0 Å². The third-order valence-corrected chi connectivity index (χ3v) is 5.31. The lowest BCUT2D eigenvalue weighted by Crippen LogP contribution is -2.43. The van der Waals surface area contributed by atoms with Crippen LogP contribution in [0.5, 0.6) is 0 Å². The lowest BCUT2D eigenvalue weighted by Gasteiger charge is -2.34. The van der Waals surface area contributed by atoms with E-state index in [9.17, 15) is 4.39 Å². The zero-order valence-corrected chi connectivity index (χ0v) is 13.6. The maximum atomic E-state index is 13.3. The van der Waals surface area contributed by atoms with E-state index >= 15 is 0 Å². The first-order chi connectivity index (χ1) is 10.8. The number of halogens is 1. The van der Waals surface area contributed by atoms with Crippen LogP contribution >= 0.6 is 0 Å². The van der Waals surface area contributed by atoms with E-state index < -0.39 is 0 Å². The van der Waals surface area contributed by atoms with Crippen molar-refractivity contribution >= 4 is 0 Å². The van der Waals surface area contributed by atoms with Crippen molar-refractivity contribution in [2.75, 3.05) is 26.2 Å². The summed E-state index contributed by atoms with van der Waals surface area (Å²) in [6.45, 7) is 4.64. The number of piperidine rings is 1. The summed E-state index contributed by atoms with van der Waals surface area (Å²) in [6.07, 6.45) is 9.10. The van der Waals surface area contributed by atoms with Gasteiger partial charge in [-0.2, -0.15) is 0 Å². The molecule has 0 spiro atoms. The highest BCUT2D eigenvalue weighted by molar-refractivity contribution is 5.16. The number of hydrogen-bond acceptors (Lipinski definition) is 2.